The lowest BCUT2D eigenvalue weighted by Crippen LogP contribution is -2.52. The number of rotatable bonds is 3. The first kappa shape index (κ1) is 16.9. The van der Waals surface area contributed by atoms with E-state index in [2.05, 4.69) is 35.6 Å². The Morgan fingerprint density at radius 3 is 2.28 bits per heavy atom. The van der Waals surface area contributed by atoms with Crippen molar-refractivity contribution in [1.82, 2.24) is 10.2 Å². The van der Waals surface area contributed by atoms with E-state index in [1.165, 1.54) is 18.4 Å². The normalized spacial score (nSPS) is 24.6. The van der Waals surface area contributed by atoms with Crippen molar-refractivity contribution in [2.24, 2.45) is 0 Å². The molecule has 0 unspecified atom stereocenters. The Balaban J connectivity index is 1.35. The minimum atomic E-state index is -0.423. The molecule has 1 aliphatic carbocycles. The van der Waals surface area contributed by atoms with Crippen LogP contribution in [-0.2, 0) is 14.9 Å². The zero-order valence-electron chi connectivity index (χ0n) is 14.8. The van der Waals surface area contributed by atoms with Gasteiger partial charge in [-0.3, -0.25) is 0 Å². The van der Waals surface area contributed by atoms with Crippen molar-refractivity contribution in [3.8, 4) is 0 Å². The number of hydrogen-bond donors (Lipinski definition) is 1. The summed E-state index contributed by atoms with van der Waals surface area (Å²) in [5.41, 5.74) is 1.46. The van der Waals surface area contributed by atoms with Gasteiger partial charge in [0.1, 0.15) is 0 Å². The Bertz CT molecular complexity index is 582. The number of nitrogens with zero attached hydrogens (tertiary/aromatic N) is 1. The highest BCUT2D eigenvalue weighted by Crippen LogP contribution is 2.40. The summed E-state index contributed by atoms with van der Waals surface area (Å²) in [5, 5.41) is 3.22. The van der Waals surface area contributed by atoms with Crippen LogP contribution in [0.25, 0.3) is 0 Å². The van der Waals surface area contributed by atoms with Crippen molar-refractivity contribution >= 4 is 6.03 Å². The molecule has 2 heterocycles. The molecule has 4 rings (SSSR count). The summed E-state index contributed by atoms with van der Waals surface area (Å²) in [7, 11) is 0. The zero-order valence-corrected chi connectivity index (χ0v) is 14.8. The minimum absolute atomic E-state index is 0.0510. The summed E-state index contributed by atoms with van der Waals surface area (Å²) in [6.45, 7) is 3.47. The van der Waals surface area contributed by atoms with Gasteiger partial charge in [-0.25, -0.2) is 4.79 Å². The first-order chi connectivity index (χ1) is 12.2. The maximum atomic E-state index is 12.7. The highest BCUT2D eigenvalue weighted by Gasteiger charge is 2.41. The molecule has 25 heavy (non-hydrogen) atoms. The average molecular weight is 344 g/mol. The van der Waals surface area contributed by atoms with E-state index in [9.17, 15) is 4.79 Å². The zero-order chi connectivity index (χ0) is 17.2. The summed E-state index contributed by atoms with van der Waals surface area (Å²) >= 11 is 0. The number of likely N-dealkylation sites (tertiary alicyclic amines) is 1. The fourth-order valence-electron chi connectivity index (χ4n) is 4.60. The third kappa shape index (κ3) is 3.40. The van der Waals surface area contributed by atoms with Crippen LogP contribution in [0, 0.1) is 0 Å². The fraction of sp³-hybridized carbons (Fsp3) is 0.650. The monoisotopic (exact) mass is 344 g/mol. The predicted octanol–water partition coefficient (Wildman–Crippen LogP) is 3.05. The molecule has 5 heteroatoms. The smallest absolute Gasteiger partial charge is 0.317 e. The molecule has 2 aliphatic heterocycles. The van der Waals surface area contributed by atoms with E-state index < -0.39 is 5.79 Å². The quantitative estimate of drug-likeness (QED) is 0.917. The van der Waals surface area contributed by atoms with E-state index in [4.69, 9.17) is 9.47 Å². The Morgan fingerprint density at radius 2 is 1.64 bits per heavy atom. The van der Waals surface area contributed by atoms with Gasteiger partial charge in [-0.2, -0.15) is 0 Å². The Morgan fingerprint density at radius 1 is 1.00 bits per heavy atom. The van der Waals surface area contributed by atoms with E-state index in [1.807, 2.05) is 4.90 Å². The number of piperidine rings is 1. The number of ether oxygens (including phenoxy) is 2. The Kier molecular flexibility index (Phi) is 4.69. The number of nitrogens with one attached hydrogen (secondary N) is 1. The second-order valence-electron chi connectivity index (χ2n) is 7.61. The third-order valence-electron chi connectivity index (χ3n) is 6.15. The molecule has 136 valence electrons. The molecule has 3 fully saturated rings. The molecular formula is C20H28N2O3. The molecule has 5 nitrogen and oxygen atoms in total. The van der Waals surface area contributed by atoms with Gasteiger partial charge in [0.2, 0.25) is 0 Å². The lowest BCUT2D eigenvalue weighted by Gasteiger charge is -2.38. The Hall–Kier alpha value is -1.59. The van der Waals surface area contributed by atoms with E-state index in [1.54, 1.807) is 0 Å². The number of amides is 2. The topological polar surface area (TPSA) is 50.8 Å². The molecule has 1 aromatic carbocycles. The molecule has 2 amide bonds. The van der Waals surface area contributed by atoms with Crippen LogP contribution in [0.5, 0.6) is 0 Å². The van der Waals surface area contributed by atoms with E-state index in [-0.39, 0.29) is 11.4 Å². The lowest BCUT2D eigenvalue weighted by molar-refractivity contribution is -0.181. The standard InChI is InChI=1S/C20H28N2O3/c23-18(22-12-10-20(11-13-22)24-14-15-25-20)21-16-19(8-4-5-9-19)17-6-2-1-3-7-17/h1-3,6-7H,4-5,8-16H2,(H,21,23). The second-order valence-corrected chi connectivity index (χ2v) is 7.61. The van der Waals surface area contributed by atoms with Crippen molar-refractivity contribution in [1.29, 1.82) is 0 Å². The number of carbonyl (C=O) groups excluding carboxylic acids is 1. The SMILES string of the molecule is O=C(NCC1(c2ccccc2)CCCC1)N1CCC2(CC1)OCCO2. The summed E-state index contributed by atoms with van der Waals surface area (Å²) in [4.78, 5) is 14.6. The predicted molar refractivity (Wildman–Crippen MR) is 95.4 cm³/mol. The average Bonchev–Trinajstić information content (AvgIpc) is 3.32. The van der Waals surface area contributed by atoms with Crippen molar-refractivity contribution in [3.05, 3.63) is 35.9 Å². The van der Waals surface area contributed by atoms with Crippen LogP contribution in [0.15, 0.2) is 30.3 Å². The molecule has 1 saturated carbocycles. The van der Waals surface area contributed by atoms with Crippen LogP contribution < -0.4 is 5.32 Å². The highest BCUT2D eigenvalue weighted by molar-refractivity contribution is 5.74. The van der Waals surface area contributed by atoms with Crippen LogP contribution >= 0.6 is 0 Å². The van der Waals surface area contributed by atoms with Gasteiger partial charge in [0.15, 0.2) is 5.79 Å². The van der Waals surface area contributed by atoms with Gasteiger partial charge >= 0.3 is 6.03 Å². The summed E-state index contributed by atoms with van der Waals surface area (Å²) in [5.74, 6) is -0.423. The van der Waals surface area contributed by atoms with E-state index >= 15 is 0 Å². The van der Waals surface area contributed by atoms with Crippen molar-refractivity contribution in [2.45, 2.75) is 49.7 Å². The third-order valence-corrected chi connectivity index (χ3v) is 6.15. The first-order valence-electron chi connectivity index (χ1n) is 9.58. The molecule has 0 atom stereocenters. The van der Waals surface area contributed by atoms with Crippen LogP contribution in [0.1, 0.15) is 44.1 Å². The van der Waals surface area contributed by atoms with Crippen molar-refractivity contribution in [2.75, 3.05) is 32.8 Å². The summed E-state index contributed by atoms with van der Waals surface area (Å²) in [6, 6.07) is 10.7. The van der Waals surface area contributed by atoms with Crippen LogP contribution in [0.2, 0.25) is 0 Å². The maximum Gasteiger partial charge on any atom is 0.317 e. The van der Waals surface area contributed by atoms with Crippen molar-refractivity contribution in [3.63, 3.8) is 0 Å². The van der Waals surface area contributed by atoms with Gasteiger partial charge in [-0.15, -0.1) is 0 Å². The molecule has 0 aromatic heterocycles. The number of hydrogen-bond acceptors (Lipinski definition) is 3. The summed E-state index contributed by atoms with van der Waals surface area (Å²) < 4.78 is 11.5. The van der Waals surface area contributed by atoms with Crippen LogP contribution in [-0.4, -0.2) is 49.6 Å². The van der Waals surface area contributed by atoms with Gasteiger partial charge in [0.25, 0.3) is 0 Å². The molecule has 2 saturated heterocycles. The molecule has 1 aromatic rings. The Labute approximate surface area is 149 Å². The van der Waals surface area contributed by atoms with Gasteiger partial charge in [-0.1, -0.05) is 43.2 Å². The van der Waals surface area contributed by atoms with Crippen LogP contribution in [0.3, 0.4) is 0 Å². The van der Waals surface area contributed by atoms with Crippen molar-refractivity contribution < 1.29 is 14.3 Å². The maximum absolute atomic E-state index is 12.7. The molecule has 1 spiro atoms. The second kappa shape index (κ2) is 6.96. The lowest BCUT2D eigenvalue weighted by atomic mass is 9.79. The highest BCUT2D eigenvalue weighted by atomic mass is 16.7. The van der Waals surface area contributed by atoms with Gasteiger partial charge in [0, 0.05) is 37.9 Å². The minimum Gasteiger partial charge on any atom is -0.347 e. The number of urea groups is 1. The largest absolute Gasteiger partial charge is 0.347 e. The molecule has 0 radical (unpaired) electrons. The molecule has 1 N–H and O–H groups in total. The van der Waals surface area contributed by atoms with Gasteiger partial charge < -0.3 is 19.7 Å². The molecule has 3 aliphatic rings. The molecular weight excluding hydrogens is 316 g/mol. The fourth-order valence-corrected chi connectivity index (χ4v) is 4.60. The molecule has 0 bridgehead atoms. The van der Waals surface area contributed by atoms with Gasteiger partial charge in [-0.05, 0) is 18.4 Å². The van der Waals surface area contributed by atoms with Crippen LogP contribution in [0.4, 0.5) is 4.79 Å². The van der Waals surface area contributed by atoms with Gasteiger partial charge in [0.05, 0.1) is 13.2 Å². The number of carbonyl (C=O) groups is 1. The number of benzene rings is 1. The summed E-state index contributed by atoms with van der Waals surface area (Å²) in [6.07, 6.45) is 6.33. The van der Waals surface area contributed by atoms with E-state index in [0.717, 1.165) is 32.2 Å². The van der Waals surface area contributed by atoms with E-state index in [0.29, 0.717) is 26.3 Å². The first-order valence-corrected chi connectivity index (χ1v) is 9.58.